The Bertz CT molecular complexity index is 450. The number of thioether (sulfide) groups is 1. The van der Waals surface area contributed by atoms with E-state index >= 15 is 0 Å². The number of hydrogen-bond acceptors (Lipinski definition) is 5. The third kappa shape index (κ3) is 5.47. The molecule has 0 N–H and O–H groups in total. The van der Waals surface area contributed by atoms with Crippen LogP contribution in [-0.2, 0) is 16.0 Å². The summed E-state index contributed by atoms with van der Waals surface area (Å²) in [4.78, 5) is 3.44. The second-order valence-corrected chi connectivity index (χ2v) is 6.49. The molecule has 1 aromatic rings. The number of hydrogen-bond donors (Lipinski definition) is 0. The van der Waals surface area contributed by atoms with Gasteiger partial charge in [0, 0.05) is 24.6 Å². The minimum absolute atomic E-state index is 0.314. The van der Waals surface area contributed by atoms with E-state index in [2.05, 4.69) is 36.4 Å². The summed E-state index contributed by atoms with van der Waals surface area (Å²) in [6.45, 7) is 4.18. The van der Waals surface area contributed by atoms with E-state index in [-0.39, 0.29) is 0 Å². The lowest BCUT2D eigenvalue weighted by Gasteiger charge is -2.18. The average Bonchev–Trinajstić information content (AvgIpc) is 3.04. The van der Waals surface area contributed by atoms with Crippen molar-refractivity contribution < 1.29 is 14.2 Å². The maximum atomic E-state index is 5.71. The standard InChI is InChI=1S/C17H27NO3S/c1-18(8-10-20-13-15-5-4-9-21-15)12-14-6-7-17(22-3)16(11-14)19-2/h6-7,11,15H,4-5,8-10,12-13H2,1-3H3. The first-order chi connectivity index (χ1) is 10.7. The van der Waals surface area contributed by atoms with Crippen LogP contribution in [0.1, 0.15) is 18.4 Å². The highest BCUT2D eigenvalue weighted by Gasteiger charge is 2.15. The van der Waals surface area contributed by atoms with E-state index in [9.17, 15) is 0 Å². The lowest BCUT2D eigenvalue weighted by atomic mass is 10.2. The van der Waals surface area contributed by atoms with Gasteiger partial charge in [0.05, 0.1) is 26.4 Å². The van der Waals surface area contributed by atoms with Crippen LogP contribution >= 0.6 is 11.8 Å². The Balaban J connectivity index is 1.70. The third-order valence-electron chi connectivity index (χ3n) is 3.85. The Morgan fingerprint density at radius 2 is 2.27 bits per heavy atom. The molecule has 1 aliphatic rings. The zero-order valence-electron chi connectivity index (χ0n) is 13.8. The van der Waals surface area contributed by atoms with Gasteiger partial charge in [-0.15, -0.1) is 11.8 Å². The summed E-state index contributed by atoms with van der Waals surface area (Å²) in [7, 11) is 3.84. The lowest BCUT2D eigenvalue weighted by Crippen LogP contribution is -2.24. The summed E-state index contributed by atoms with van der Waals surface area (Å²) in [5.74, 6) is 0.952. The molecular weight excluding hydrogens is 298 g/mol. The molecule has 0 amide bonds. The Morgan fingerprint density at radius 3 is 2.95 bits per heavy atom. The van der Waals surface area contributed by atoms with Crippen LogP contribution in [-0.4, -0.2) is 57.8 Å². The summed E-state index contributed by atoms with van der Waals surface area (Å²) < 4.78 is 16.7. The second kappa shape index (κ2) is 9.40. The molecule has 4 nitrogen and oxygen atoms in total. The van der Waals surface area contributed by atoms with E-state index in [4.69, 9.17) is 14.2 Å². The van der Waals surface area contributed by atoms with Crippen LogP contribution in [0.15, 0.2) is 23.1 Å². The van der Waals surface area contributed by atoms with Crippen molar-refractivity contribution in [1.29, 1.82) is 0 Å². The number of likely N-dealkylation sites (N-methyl/N-ethyl adjacent to an activating group) is 1. The highest BCUT2D eigenvalue weighted by Crippen LogP contribution is 2.28. The topological polar surface area (TPSA) is 30.9 Å². The fourth-order valence-electron chi connectivity index (χ4n) is 2.58. The summed E-state index contributed by atoms with van der Waals surface area (Å²) >= 11 is 1.71. The Morgan fingerprint density at radius 1 is 1.41 bits per heavy atom. The van der Waals surface area contributed by atoms with Gasteiger partial charge in [0.2, 0.25) is 0 Å². The largest absolute Gasteiger partial charge is 0.496 e. The molecule has 2 rings (SSSR count). The van der Waals surface area contributed by atoms with Crippen LogP contribution in [0.5, 0.6) is 5.75 Å². The number of rotatable bonds is 9. The third-order valence-corrected chi connectivity index (χ3v) is 4.62. The zero-order chi connectivity index (χ0) is 15.8. The molecule has 1 saturated heterocycles. The molecule has 0 aromatic heterocycles. The van der Waals surface area contributed by atoms with Gasteiger partial charge in [-0.25, -0.2) is 0 Å². The predicted octanol–water partition coefficient (Wildman–Crippen LogP) is 3.04. The molecule has 0 radical (unpaired) electrons. The zero-order valence-corrected chi connectivity index (χ0v) is 14.7. The fraction of sp³-hybridized carbons (Fsp3) is 0.647. The van der Waals surface area contributed by atoms with Crippen molar-refractivity contribution in [3.05, 3.63) is 23.8 Å². The SMILES string of the molecule is COc1cc(CN(C)CCOCC2CCCO2)ccc1SC. The summed E-state index contributed by atoms with van der Waals surface area (Å²) in [5, 5.41) is 0. The first-order valence-corrected chi connectivity index (χ1v) is 9.04. The molecule has 1 fully saturated rings. The number of ether oxygens (including phenoxy) is 3. The van der Waals surface area contributed by atoms with E-state index in [1.54, 1.807) is 18.9 Å². The minimum atomic E-state index is 0.314. The highest BCUT2D eigenvalue weighted by atomic mass is 32.2. The van der Waals surface area contributed by atoms with Crippen molar-refractivity contribution in [2.75, 3.05) is 46.8 Å². The van der Waals surface area contributed by atoms with E-state index in [1.165, 1.54) is 16.9 Å². The van der Waals surface area contributed by atoms with Gasteiger partial charge in [-0.3, -0.25) is 4.90 Å². The van der Waals surface area contributed by atoms with Crippen LogP contribution in [0.2, 0.25) is 0 Å². The second-order valence-electron chi connectivity index (χ2n) is 5.64. The number of methoxy groups -OCH3 is 1. The summed E-state index contributed by atoms with van der Waals surface area (Å²) in [5.41, 5.74) is 1.26. The minimum Gasteiger partial charge on any atom is -0.496 e. The lowest BCUT2D eigenvalue weighted by molar-refractivity contribution is 0.0117. The van der Waals surface area contributed by atoms with E-state index in [1.807, 2.05) is 0 Å². The molecule has 1 aromatic carbocycles. The van der Waals surface area contributed by atoms with Crippen molar-refractivity contribution in [3.63, 3.8) is 0 Å². The highest BCUT2D eigenvalue weighted by molar-refractivity contribution is 7.98. The molecule has 0 saturated carbocycles. The molecule has 0 spiro atoms. The first kappa shape index (κ1) is 17.6. The monoisotopic (exact) mass is 325 g/mol. The molecule has 22 heavy (non-hydrogen) atoms. The molecule has 1 aliphatic heterocycles. The fourth-order valence-corrected chi connectivity index (χ4v) is 3.13. The average molecular weight is 325 g/mol. The van der Waals surface area contributed by atoms with Gasteiger partial charge < -0.3 is 14.2 Å². The molecule has 124 valence electrons. The van der Waals surface area contributed by atoms with Crippen LogP contribution in [0.3, 0.4) is 0 Å². The van der Waals surface area contributed by atoms with Gasteiger partial charge in [0.25, 0.3) is 0 Å². The van der Waals surface area contributed by atoms with E-state index in [0.29, 0.717) is 6.10 Å². The smallest absolute Gasteiger partial charge is 0.132 e. The quantitative estimate of drug-likeness (QED) is 0.514. The van der Waals surface area contributed by atoms with Gasteiger partial charge in [-0.05, 0) is 43.8 Å². The first-order valence-electron chi connectivity index (χ1n) is 7.81. The van der Waals surface area contributed by atoms with Crippen LogP contribution in [0.25, 0.3) is 0 Å². The predicted molar refractivity (Wildman–Crippen MR) is 90.9 cm³/mol. The van der Waals surface area contributed by atoms with Crippen molar-refractivity contribution >= 4 is 11.8 Å². The van der Waals surface area contributed by atoms with Gasteiger partial charge in [0.15, 0.2) is 0 Å². The Labute approximate surface area is 138 Å². The summed E-state index contributed by atoms with van der Waals surface area (Å²) in [6.07, 6.45) is 4.68. The van der Waals surface area contributed by atoms with Crippen molar-refractivity contribution in [3.8, 4) is 5.75 Å². The number of benzene rings is 1. The van der Waals surface area contributed by atoms with Gasteiger partial charge in [0.1, 0.15) is 5.75 Å². The van der Waals surface area contributed by atoms with Gasteiger partial charge in [-0.1, -0.05) is 6.07 Å². The van der Waals surface area contributed by atoms with Gasteiger partial charge in [-0.2, -0.15) is 0 Å². The molecule has 1 heterocycles. The van der Waals surface area contributed by atoms with Crippen molar-refractivity contribution in [1.82, 2.24) is 4.90 Å². The maximum absolute atomic E-state index is 5.71. The molecule has 0 aliphatic carbocycles. The molecule has 0 bridgehead atoms. The molecule has 1 atom stereocenters. The Hall–Kier alpha value is -0.750. The molecular formula is C17H27NO3S. The maximum Gasteiger partial charge on any atom is 0.132 e. The van der Waals surface area contributed by atoms with Gasteiger partial charge >= 0.3 is 0 Å². The molecule has 1 unspecified atom stereocenters. The van der Waals surface area contributed by atoms with E-state index < -0.39 is 0 Å². The van der Waals surface area contributed by atoms with Crippen LogP contribution < -0.4 is 4.74 Å². The van der Waals surface area contributed by atoms with Crippen molar-refractivity contribution in [2.24, 2.45) is 0 Å². The Kier molecular flexibility index (Phi) is 7.52. The normalized spacial score (nSPS) is 18.1. The molecule has 5 heteroatoms. The summed E-state index contributed by atoms with van der Waals surface area (Å²) in [6, 6.07) is 6.41. The van der Waals surface area contributed by atoms with Crippen molar-refractivity contribution in [2.45, 2.75) is 30.4 Å². The van der Waals surface area contributed by atoms with Crippen LogP contribution in [0, 0.1) is 0 Å². The number of nitrogens with zero attached hydrogens (tertiary/aromatic N) is 1. The van der Waals surface area contributed by atoms with Crippen LogP contribution in [0.4, 0.5) is 0 Å². The van der Waals surface area contributed by atoms with E-state index in [0.717, 1.165) is 45.1 Å².